The summed E-state index contributed by atoms with van der Waals surface area (Å²) in [6.45, 7) is 7.25. The van der Waals surface area contributed by atoms with Crippen LogP contribution < -0.4 is 16.2 Å². The van der Waals surface area contributed by atoms with Crippen LogP contribution in [0.1, 0.15) is 88.3 Å². The van der Waals surface area contributed by atoms with E-state index < -0.39 is 0 Å². The highest BCUT2D eigenvalue weighted by Crippen LogP contribution is 2.57. The van der Waals surface area contributed by atoms with Gasteiger partial charge in [-0.2, -0.15) is 10.1 Å². The van der Waals surface area contributed by atoms with Gasteiger partial charge in [-0.25, -0.2) is 4.98 Å². The van der Waals surface area contributed by atoms with Gasteiger partial charge in [0.25, 0.3) is 0 Å². The van der Waals surface area contributed by atoms with Crippen molar-refractivity contribution in [1.29, 1.82) is 0 Å². The summed E-state index contributed by atoms with van der Waals surface area (Å²) in [6, 6.07) is 2.88. The molecular formula is C31H48N8O3. The van der Waals surface area contributed by atoms with Gasteiger partial charge in [0.2, 0.25) is 5.95 Å². The van der Waals surface area contributed by atoms with Gasteiger partial charge in [-0.1, -0.05) is 26.2 Å². The zero-order valence-corrected chi connectivity index (χ0v) is 25.3. The van der Waals surface area contributed by atoms with Crippen LogP contribution >= 0.6 is 0 Å². The molecule has 3 aromatic heterocycles. The van der Waals surface area contributed by atoms with Crippen molar-refractivity contribution in [2.24, 2.45) is 5.41 Å². The predicted molar refractivity (Wildman–Crippen MR) is 164 cm³/mol. The van der Waals surface area contributed by atoms with Gasteiger partial charge in [-0.05, 0) is 81.0 Å². The molecule has 2 aliphatic heterocycles. The average molecular weight is 581 g/mol. The maximum Gasteiger partial charge on any atom is 0.222 e. The largest absolute Gasteiger partial charge is 0.495 e. The highest BCUT2D eigenvalue weighted by atomic mass is 16.5. The Bertz CT molecular complexity index is 1290. The molecule has 2 saturated heterocycles. The minimum Gasteiger partial charge on any atom is -0.495 e. The lowest BCUT2D eigenvalue weighted by molar-refractivity contribution is -0.0259. The first kappa shape index (κ1) is 30.4. The number of aliphatic hydroxyl groups is 1. The Morgan fingerprint density at radius 1 is 1.07 bits per heavy atom. The van der Waals surface area contributed by atoms with Crippen molar-refractivity contribution in [2.75, 3.05) is 51.5 Å². The van der Waals surface area contributed by atoms with Gasteiger partial charge in [0.1, 0.15) is 22.5 Å². The van der Waals surface area contributed by atoms with Crippen molar-refractivity contribution >= 4 is 22.8 Å². The van der Waals surface area contributed by atoms with Crippen LogP contribution in [0.5, 0.6) is 5.75 Å². The molecule has 0 unspecified atom stereocenters. The molecule has 0 aromatic carbocycles. The van der Waals surface area contributed by atoms with Crippen LogP contribution in [0.3, 0.4) is 0 Å². The Hall–Kier alpha value is -3.02. The summed E-state index contributed by atoms with van der Waals surface area (Å²) in [6.07, 6.45) is 15.8. The highest BCUT2D eigenvalue weighted by molar-refractivity contribution is 5.85. The van der Waals surface area contributed by atoms with Gasteiger partial charge in [-0.3, -0.25) is 9.67 Å². The number of likely N-dealkylation sites (tertiary alicyclic amines) is 1. The van der Waals surface area contributed by atoms with Crippen LogP contribution in [0.15, 0.2) is 18.5 Å². The van der Waals surface area contributed by atoms with E-state index >= 15 is 0 Å². The van der Waals surface area contributed by atoms with E-state index in [2.05, 4.69) is 33.0 Å². The summed E-state index contributed by atoms with van der Waals surface area (Å²) in [7, 11) is 1.69. The van der Waals surface area contributed by atoms with E-state index in [1.807, 2.05) is 6.20 Å². The molecule has 0 radical (unpaired) electrons. The first-order valence-corrected chi connectivity index (χ1v) is 15.6. The number of hydrogen-bond acceptors (Lipinski definition) is 10. The monoisotopic (exact) mass is 580 g/mol. The molecule has 230 valence electrons. The number of nitrogens with two attached hydrogens (primary N) is 2. The Kier molecular flexibility index (Phi) is 10.1. The zero-order chi connectivity index (χ0) is 29.5. The van der Waals surface area contributed by atoms with E-state index in [-0.39, 0.29) is 5.95 Å². The Morgan fingerprint density at radius 3 is 2.52 bits per heavy atom. The molecule has 0 atom stereocenters. The molecule has 42 heavy (non-hydrogen) atoms. The topological polar surface area (TPSA) is 150 Å². The number of piperidine rings is 1. The lowest BCUT2D eigenvalue weighted by Crippen LogP contribution is -2.50. The number of unbranched alkanes of at least 4 members (excludes halogenated alkanes) is 3. The molecule has 1 aliphatic carbocycles. The van der Waals surface area contributed by atoms with Gasteiger partial charge in [0, 0.05) is 32.1 Å². The van der Waals surface area contributed by atoms with Crippen molar-refractivity contribution < 1.29 is 14.6 Å². The third-order valence-corrected chi connectivity index (χ3v) is 9.41. The molecule has 5 heterocycles. The lowest BCUT2D eigenvalue weighted by Gasteiger charge is -2.53. The number of nitrogens with zero attached hydrogens (tertiary/aromatic N) is 6. The second-order valence-corrected chi connectivity index (χ2v) is 12.2. The Labute approximate surface area is 249 Å². The zero-order valence-electron chi connectivity index (χ0n) is 25.3. The van der Waals surface area contributed by atoms with Crippen molar-refractivity contribution in [3.05, 3.63) is 29.7 Å². The smallest absolute Gasteiger partial charge is 0.222 e. The minimum absolute atomic E-state index is 0.141. The van der Waals surface area contributed by atoms with Crippen molar-refractivity contribution in [1.82, 2.24) is 29.6 Å². The van der Waals surface area contributed by atoms with Crippen molar-refractivity contribution in [3.8, 4) is 5.75 Å². The van der Waals surface area contributed by atoms with E-state index in [0.29, 0.717) is 41.3 Å². The molecule has 3 aromatic rings. The number of hydrogen-bond donors (Lipinski definition) is 3. The van der Waals surface area contributed by atoms with Gasteiger partial charge in [0.15, 0.2) is 5.82 Å². The number of ether oxygens (including phenoxy) is 2. The van der Waals surface area contributed by atoms with Crippen LogP contribution in [-0.2, 0) is 11.3 Å². The molecule has 3 aliphatic rings. The third kappa shape index (κ3) is 6.95. The maximum absolute atomic E-state index is 8.29. The fraction of sp³-hybridized carbons (Fsp3) is 0.677. The normalized spacial score (nSPS) is 19.4. The molecule has 11 nitrogen and oxygen atoms in total. The summed E-state index contributed by atoms with van der Waals surface area (Å²) < 4.78 is 13.0. The molecule has 0 amide bonds. The van der Waals surface area contributed by atoms with E-state index in [1.165, 1.54) is 76.4 Å². The number of pyridine rings is 1. The third-order valence-electron chi connectivity index (χ3n) is 9.41. The molecule has 3 fully saturated rings. The molecule has 5 N–H and O–H groups in total. The van der Waals surface area contributed by atoms with E-state index in [9.17, 15) is 0 Å². The molecular weight excluding hydrogens is 532 g/mol. The molecule has 11 heteroatoms. The number of fused-ring (bicyclic) bond motifs is 1. The Balaban J connectivity index is 0.000000451. The maximum atomic E-state index is 8.29. The van der Waals surface area contributed by atoms with Crippen molar-refractivity contribution in [3.63, 3.8) is 0 Å². The van der Waals surface area contributed by atoms with Gasteiger partial charge >= 0.3 is 0 Å². The average Bonchev–Trinajstić information content (AvgIpc) is 3.40. The summed E-state index contributed by atoms with van der Waals surface area (Å²) >= 11 is 0. The number of aromatic nitrogens is 5. The minimum atomic E-state index is 0.141. The first-order chi connectivity index (χ1) is 20.4. The summed E-state index contributed by atoms with van der Waals surface area (Å²) in [4.78, 5) is 15.8. The van der Waals surface area contributed by atoms with Crippen LogP contribution in [-0.4, -0.2) is 80.8 Å². The molecule has 0 bridgehead atoms. The Morgan fingerprint density at radius 2 is 1.83 bits per heavy atom. The van der Waals surface area contributed by atoms with Crippen LogP contribution in [0, 0.1) is 5.41 Å². The second kappa shape index (κ2) is 14.0. The van der Waals surface area contributed by atoms with Gasteiger partial charge < -0.3 is 30.9 Å². The number of rotatable bonds is 9. The predicted octanol–water partition coefficient (Wildman–Crippen LogP) is 4.14. The lowest BCUT2D eigenvalue weighted by atomic mass is 9.56. The van der Waals surface area contributed by atoms with Crippen molar-refractivity contribution in [2.45, 2.75) is 89.6 Å². The number of nitrogen functional groups attached to an aromatic ring is 2. The summed E-state index contributed by atoms with van der Waals surface area (Å²) in [5, 5.41) is 12.7. The van der Waals surface area contributed by atoms with E-state index in [1.54, 1.807) is 18.0 Å². The highest BCUT2D eigenvalue weighted by Gasteiger charge is 2.47. The molecule has 1 spiro atoms. The van der Waals surface area contributed by atoms with E-state index in [0.717, 1.165) is 37.1 Å². The molecule has 1 saturated carbocycles. The molecule has 6 rings (SSSR count). The standard InChI is InChI=1S/C25H34N8O2.C6H14O/c1-34-21-10-16(13-28-20(21)15-33-22-19(14-29-33)30-24(27)31-23(22)26)17-11-25(12-17)4-6-32(7-5-25)18-2-8-35-9-3-18;1-2-3-4-5-6-7/h10,13-14,17-18H,2-9,11-12,15H2,1H3,(H4,26,27,30,31);7H,2-6H2,1H3. The van der Waals surface area contributed by atoms with E-state index in [4.69, 9.17) is 31.0 Å². The number of methoxy groups -OCH3 is 1. The fourth-order valence-corrected chi connectivity index (χ4v) is 6.90. The summed E-state index contributed by atoms with van der Waals surface area (Å²) in [5.74, 6) is 1.78. The first-order valence-electron chi connectivity index (χ1n) is 15.6. The number of anilines is 2. The fourth-order valence-electron chi connectivity index (χ4n) is 6.90. The second-order valence-electron chi connectivity index (χ2n) is 12.2. The van der Waals surface area contributed by atoms with Crippen LogP contribution in [0.4, 0.5) is 11.8 Å². The number of aliphatic hydroxyl groups excluding tert-OH is 1. The summed E-state index contributed by atoms with van der Waals surface area (Å²) in [5.41, 5.74) is 15.6. The van der Waals surface area contributed by atoms with Crippen LogP contribution in [0.25, 0.3) is 11.0 Å². The van der Waals surface area contributed by atoms with Gasteiger partial charge in [-0.15, -0.1) is 0 Å². The SMILES string of the molecule is CCCCCCO.COc1cc(C2CC3(CCN(C4CCOCC4)CC3)C2)cnc1Cn1ncc2nc(N)nc(N)c21. The quantitative estimate of drug-likeness (QED) is 0.315. The van der Waals surface area contributed by atoms with Gasteiger partial charge in [0.05, 0.1) is 19.9 Å². The van der Waals surface area contributed by atoms with Crippen LogP contribution in [0.2, 0.25) is 0 Å².